The van der Waals surface area contributed by atoms with Gasteiger partial charge in [0, 0.05) is 25.7 Å². The molecular weight excluding hydrogens is 613 g/mol. The molecule has 0 saturated carbocycles. The fourth-order valence-electron chi connectivity index (χ4n) is 5.06. The monoisotopic (exact) mass is 644 g/mol. The van der Waals surface area contributed by atoms with Crippen molar-refractivity contribution in [1.82, 2.24) is 4.57 Å². The average molecular weight is 645 g/mol. The number of nitrogens with zero attached hydrogens (tertiary/aromatic N) is 4. The van der Waals surface area contributed by atoms with Crippen molar-refractivity contribution in [2.24, 2.45) is 5.10 Å². The highest BCUT2D eigenvalue weighted by Gasteiger charge is 2.43. The predicted octanol–water partition coefficient (Wildman–Crippen LogP) is 3.81. The molecule has 4 rings (SSSR count). The van der Waals surface area contributed by atoms with Gasteiger partial charge in [-0.25, -0.2) is 9.78 Å². The number of hydrogen-bond donors (Lipinski definition) is 2. The van der Waals surface area contributed by atoms with E-state index in [4.69, 9.17) is 15.3 Å². The van der Waals surface area contributed by atoms with Crippen molar-refractivity contribution in [3.63, 3.8) is 0 Å². The van der Waals surface area contributed by atoms with Crippen LogP contribution in [-0.2, 0) is 33.9 Å². The number of carbonyl (C=O) groups is 2. The van der Waals surface area contributed by atoms with Crippen LogP contribution in [0.5, 0.6) is 5.75 Å². The van der Waals surface area contributed by atoms with Gasteiger partial charge in [-0.15, -0.1) is 5.10 Å². The van der Waals surface area contributed by atoms with Gasteiger partial charge in [0.1, 0.15) is 18.0 Å². The van der Waals surface area contributed by atoms with E-state index in [0.717, 1.165) is 10.6 Å². The molecule has 2 aromatic carbocycles. The standard InChI is InChI=1S/C31H31F3N4O8/c1-4-36(19(2)39)22-12-9-20(10-13-22)7-5-8-23-27(31(32,33)34)26-28(37(29(23)40)15-6-16-45-42)35-38(30(26)41)24-14-11-21(18-46-43)17-25(24)44-3/h5,7-14,17,42-43H,4,6,15-16,18H2,1-3H3/b7-5+,23-8-. The molecule has 0 unspecified atom stereocenters. The van der Waals surface area contributed by atoms with Crippen LogP contribution in [-0.4, -0.2) is 47.2 Å². The first kappa shape index (κ1) is 34.1. The van der Waals surface area contributed by atoms with Crippen molar-refractivity contribution in [3.8, 4) is 5.75 Å². The fourth-order valence-corrected chi connectivity index (χ4v) is 5.06. The SMILES string of the molecule is CCN(C(C)=O)c1ccc(/C=C/C=c2/c(C(F)(F)F)c3c(n(CCCOO)c2=O)=NN(c2ccc(COO)cc2OC)C3=O)cc1. The summed E-state index contributed by atoms with van der Waals surface area (Å²) in [5.41, 5.74) is -2.24. The normalized spacial score (nSPS) is 13.3. The Morgan fingerprint density at radius 2 is 1.80 bits per heavy atom. The quantitative estimate of drug-likeness (QED) is 0.172. The molecule has 2 N–H and O–H groups in total. The Balaban J connectivity index is 1.88. The number of anilines is 2. The Morgan fingerprint density at radius 1 is 1.09 bits per heavy atom. The summed E-state index contributed by atoms with van der Waals surface area (Å²) < 4.78 is 50.4. The first-order valence-corrected chi connectivity index (χ1v) is 14.0. The van der Waals surface area contributed by atoms with Gasteiger partial charge in [-0.3, -0.25) is 29.5 Å². The van der Waals surface area contributed by atoms with Gasteiger partial charge in [0.25, 0.3) is 11.5 Å². The van der Waals surface area contributed by atoms with Gasteiger partial charge in [0.15, 0.2) is 5.49 Å². The molecule has 1 aliphatic rings. The molecule has 12 nitrogen and oxygen atoms in total. The first-order valence-electron chi connectivity index (χ1n) is 14.0. The van der Waals surface area contributed by atoms with Gasteiger partial charge < -0.3 is 9.64 Å². The minimum atomic E-state index is -5.14. The zero-order chi connectivity index (χ0) is 33.6. The zero-order valence-corrected chi connectivity index (χ0v) is 25.1. The van der Waals surface area contributed by atoms with Crippen LogP contribution in [0.25, 0.3) is 12.2 Å². The summed E-state index contributed by atoms with van der Waals surface area (Å²) in [5, 5.41) is 21.6. The van der Waals surface area contributed by atoms with Crippen molar-refractivity contribution in [3.05, 3.63) is 91.9 Å². The molecule has 3 aromatic rings. The van der Waals surface area contributed by atoms with Crippen LogP contribution in [0.3, 0.4) is 0 Å². The lowest BCUT2D eigenvalue weighted by Crippen LogP contribution is -2.48. The van der Waals surface area contributed by atoms with Crippen molar-refractivity contribution < 1.29 is 47.8 Å². The summed E-state index contributed by atoms with van der Waals surface area (Å²) in [7, 11) is 1.28. The number of aromatic nitrogens is 1. The molecule has 0 atom stereocenters. The summed E-state index contributed by atoms with van der Waals surface area (Å²) >= 11 is 0. The second kappa shape index (κ2) is 14.5. The van der Waals surface area contributed by atoms with Crippen LogP contribution in [0, 0.1) is 0 Å². The maximum Gasteiger partial charge on any atom is 0.418 e. The Hall–Kier alpha value is -4.83. The van der Waals surface area contributed by atoms with E-state index in [2.05, 4.69) is 14.9 Å². The van der Waals surface area contributed by atoms with Gasteiger partial charge in [-0.05, 0) is 54.8 Å². The second-order valence-corrected chi connectivity index (χ2v) is 10.0. The van der Waals surface area contributed by atoms with Crippen molar-refractivity contribution in [1.29, 1.82) is 0 Å². The van der Waals surface area contributed by atoms with Crippen molar-refractivity contribution >= 4 is 35.3 Å². The highest BCUT2D eigenvalue weighted by atomic mass is 19.4. The highest BCUT2D eigenvalue weighted by molar-refractivity contribution is 6.09. The van der Waals surface area contributed by atoms with E-state index in [1.165, 1.54) is 44.4 Å². The largest absolute Gasteiger partial charge is 0.494 e. The van der Waals surface area contributed by atoms with E-state index in [1.807, 2.05) is 6.92 Å². The highest BCUT2D eigenvalue weighted by Crippen LogP contribution is 2.35. The van der Waals surface area contributed by atoms with Crippen LogP contribution in [0.15, 0.2) is 58.4 Å². The number of methoxy groups -OCH3 is 1. The Bertz CT molecular complexity index is 1820. The molecule has 0 fully saturated rings. The van der Waals surface area contributed by atoms with Crippen LogP contribution in [0.4, 0.5) is 24.5 Å². The molecule has 0 spiro atoms. The summed E-state index contributed by atoms with van der Waals surface area (Å²) in [4.78, 5) is 48.9. The van der Waals surface area contributed by atoms with Crippen LogP contribution < -0.4 is 30.9 Å². The minimum absolute atomic E-state index is 0.00771. The zero-order valence-electron chi connectivity index (χ0n) is 25.1. The molecule has 1 aromatic heterocycles. The topological polar surface area (TPSA) is 143 Å². The molecule has 0 radical (unpaired) electrons. The Kier molecular flexibility index (Phi) is 10.7. The van der Waals surface area contributed by atoms with Gasteiger partial charge in [0.05, 0.1) is 30.1 Å². The molecule has 15 heteroatoms. The van der Waals surface area contributed by atoms with Crippen LogP contribution in [0.1, 0.15) is 47.3 Å². The van der Waals surface area contributed by atoms with E-state index in [1.54, 1.807) is 29.2 Å². The predicted molar refractivity (Wildman–Crippen MR) is 161 cm³/mol. The van der Waals surface area contributed by atoms with E-state index >= 15 is 0 Å². The number of carbonyl (C=O) groups excluding carboxylic acids is 2. The number of halogens is 3. The molecule has 244 valence electrons. The van der Waals surface area contributed by atoms with Crippen molar-refractivity contribution in [2.75, 3.05) is 30.2 Å². The Morgan fingerprint density at radius 3 is 2.39 bits per heavy atom. The number of hydrogen-bond acceptors (Lipinski definition) is 9. The number of fused-ring (bicyclic) bond motifs is 1. The summed E-state index contributed by atoms with van der Waals surface area (Å²) in [5.74, 6) is -1.26. The van der Waals surface area contributed by atoms with E-state index in [0.29, 0.717) is 28.4 Å². The van der Waals surface area contributed by atoms with E-state index < -0.39 is 39.5 Å². The molecule has 2 heterocycles. The van der Waals surface area contributed by atoms with Crippen LogP contribution >= 0.6 is 0 Å². The maximum atomic E-state index is 14.7. The lowest BCUT2D eigenvalue weighted by atomic mass is 10.0. The summed E-state index contributed by atoms with van der Waals surface area (Å²) in [6.45, 7) is 3.01. The third-order valence-corrected chi connectivity index (χ3v) is 7.13. The molecular formula is C31H31F3N4O8. The van der Waals surface area contributed by atoms with Crippen molar-refractivity contribution in [2.45, 2.75) is 39.6 Å². The lowest BCUT2D eigenvalue weighted by molar-refractivity contribution is -0.253. The number of allylic oxidation sites excluding steroid dienone is 1. The van der Waals surface area contributed by atoms with E-state index in [-0.39, 0.29) is 43.5 Å². The first-order chi connectivity index (χ1) is 22.0. The average Bonchev–Trinajstić information content (AvgIpc) is 3.34. The lowest BCUT2D eigenvalue weighted by Gasteiger charge is -2.18. The number of pyridine rings is 1. The second-order valence-electron chi connectivity index (χ2n) is 10.0. The maximum absolute atomic E-state index is 14.7. The Labute approximate surface area is 260 Å². The minimum Gasteiger partial charge on any atom is -0.494 e. The third kappa shape index (κ3) is 7.02. The smallest absolute Gasteiger partial charge is 0.418 e. The summed E-state index contributed by atoms with van der Waals surface area (Å²) in [6.07, 6.45) is -1.41. The van der Waals surface area contributed by atoms with Gasteiger partial charge in [-0.1, -0.05) is 30.4 Å². The number of ether oxygens (including phenoxy) is 1. The summed E-state index contributed by atoms with van der Waals surface area (Å²) in [6, 6.07) is 10.9. The van der Waals surface area contributed by atoms with Gasteiger partial charge >= 0.3 is 6.18 Å². The third-order valence-electron chi connectivity index (χ3n) is 7.13. The van der Waals surface area contributed by atoms with E-state index in [9.17, 15) is 27.6 Å². The fraction of sp³-hybridized carbons (Fsp3) is 0.290. The molecule has 0 saturated heterocycles. The van der Waals surface area contributed by atoms with Crippen LogP contribution in [0.2, 0.25) is 0 Å². The molecule has 2 amide bonds. The number of rotatable bonds is 12. The molecule has 0 aliphatic carbocycles. The molecule has 46 heavy (non-hydrogen) atoms. The molecule has 0 bridgehead atoms. The number of benzene rings is 2. The molecule has 1 aliphatic heterocycles. The number of amides is 2. The van der Waals surface area contributed by atoms with Gasteiger partial charge in [-0.2, -0.15) is 18.2 Å². The van der Waals surface area contributed by atoms with Gasteiger partial charge in [0.2, 0.25) is 5.91 Å². The number of alkyl halides is 3.